The van der Waals surface area contributed by atoms with Crippen molar-refractivity contribution in [2.24, 2.45) is 5.92 Å². The third-order valence-electron chi connectivity index (χ3n) is 5.45. The summed E-state index contributed by atoms with van der Waals surface area (Å²) in [6, 6.07) is 5.68. The topological polar surface area (TPSA) is 58.4 Å². The maximum atomic E-state index is 13.9. The molecule has 0 spiro atoms. The average molecular weight is 398 g/mol. The molecule has 1 aromatic heterocycles. The van der Waals surface area contributed by atoms with Gasteiger partial charge in [0.1, 0.15) is 5.67 Å². The van der Waals surface area contributed by atoms with Gasteiger partial charge < -0.3 is 9.80 Å². The van der Waals surface area contributed by atoms with Crippen molar-refractivity contribution in [3.8, 4) is 11.1 Å². The zero-order valence-corrected chi connectivity index (χ0v) is 17.4. The van der Waals surface area contributed by atoms with Crippen molar-refractivity contribution in [2.45, 2.75) is 58.8 Å². The van der Waals surface area contributed by atoms with E-state index in [4.69, 9.17) is 0 Å². The Hall–Kier alpha value is -2.70. The molecule has 1 fully saturated rings. The fraction of sp³-hybridized carbons (Fsp3) is 0.500. The standard InChI is InChI=1S/C22H27FN4O2/c1-14-11-26(21(29)16-5-6-16)20-9-17(7-8-19(20)27(14)15(2)28)18-10-24-25(12-18)13-22(3,4)23/h7-10,12,14,16H,5-6,11,13H2,1-4H3/t14-/m0/s1. The van der Waals surface area contributed by atoms with Gasteiger partial charge in [-0.05, 0) is 51.3 Å². The van der Waals surface area contributed by atoms with E-state index in [0.29, 0.717) is 6.54 Å². The van der Waals surface area contributed by atoms with Crippen LogP contribution in [0.15, 0.2) is 30.6 Å². The number of rotatable bonds is 4. The summed E-state index contributed by atoms with van der Waals surface area (Å²) < 4.78 is 15.5. The Morgan fingerprint density at radius 2 is 1.93 bits per heavy atom. The maximum absolute atomic E-state index is 13.9. The predicted octanol–water partition coefficient (Wildman–Crippen LogP) is 3.80. The van der Waals surface area contributed by atoms with Crippen LogP contribution in [0.4, 0.5) is 15.8 Å². The van der Waals surface area contributed by atoms with E-state index < -0.39 is 5.67 Å². The highest BCUT2D eigenvalue weighted by Crippen LogP contribution is 2.42. The first kappa shape index (κ1) is 19.6. The largest absolute Gasteiger partial charge is 0.308 e. The van der Waals surface area contributed by atoms with E-state index in [0.717, 1.165) is 35.3 Å². The van der Waals surface area contributed by atoms with Gasteiger partial charge in [-0.15, -0.1) is 0 Å². The van der Waals surface area contributed by atoms with Crippen LogP contribution in [0.2, 0.25) is 0 Å². The number of alkyl halides is 1. The molecule has 2 heterocycles. The number of fused-ring (bicyclic) bond motifs is 1. The highest BCUT2D eigenvalue weighted by Gasteiger charge is 2.39. The van der Waals surface area contributed by atoms with Gasteiger partial charge in [0.2, 0.25) is 11.8 Å². The Kier molecular flexibility index (Phi) is 4.71. The summed E-state index contributed by atoms with van der Waals surface area (Å²) in [7, 11) is 0. The molecule has 7 heteroatoms. The minimum absolute atomic E-state index is 0.0389. The van der Waals surface area contributed by atoms with Crippen LogP contribution in [0.5, 0.6) is 0 Å². The number of carbonyl (C=O) groups excluding carboxylic acids is 2. The molecule has 4 rings (SSSR count). The lowest BCUT2D eigenvalue weighted by atomic mass is 10.0. The molecule has 1 atom stereocenters. The molecule has 154 valence electrons. The smallest absolute Gasteiger partial charge is 0.230 e. The monoisotopic (exact) mass is 398 g/mol. The van der Waals surface area contributed by atoms with E-state index in [1.807, 2.05) is 36.2 Å². The summed E-state index contributed by atoms with van der Waals surface area (Å²) >= 11 is 0. The number of hydrogen-bond donors (Lipinski definition) is 0. The lowest BCUT2D eigenvalue weighted by molar-refractivity contribution is -0.120. The minimum atomic E-state index is -1.36. The normalized spacial score (nSPS) is 19.3. The van der Waals surface area contributed by atoms with Gasteiger partial charge in [0.05, 0.1) is 30.2 Å². The number of carbonyl (C=O) groups is 2. The maximum Gasteiger partial charge on any atom is 0.230 e. The zero-order valence-electron chi connectivity index (χ0n) is 17.4. The van der Waals surface area contributed by atoms with Crippen LogP contribution < -0.4 is 9.80 Å². The fourth-order valence-corrected chi connectivity index (χ4v) is 4.03. The number of benzene rings is 1. The van der Waals surface area contributed by atoms with Crippen molar-refractivity contribution >= 4 is 23.2 Å². The number of hydrogen-bond acceptors (Lipinski definition) is 3. The van der Waals surface area contributed by atoms with Crippen LogP contribution in [0.1, 0.15) is 40.5 Å². The van der Waals surface area contributed by atoms with Crippen LogP contribution >= 0.6 is 0 Å². The molecule has 29 heavy (non-hydrogen) atoms. The Labute approximate surface area is 170 Å². The first-order chi connectivity index (χ1) is 13.6. The minimum Gasteiger partial charge on any atom is -0.308 e. The van der Waals surface area contributed by atoms with Crippen molar-refractivity contribution < 1.29 is 14.0 Å². The number of nitrogens with zero attached hydrogens (tertiary/aromatic N) is 4. The number of halogens is 1. The predicted molar refractivity (Wildman–Crippen MR) is 111 cm³/mol. The van der Waals surface area contributed by atoms with E-state index in [-0.39, 0.29) is 30.3 Å². The van der Waals surface area contributed by atoms with Crippen LogP contribution in [-0.2, 0) is 16.1 Å². The Morgan fingerprint density at radius 3 is 2.55 bits per heavy atom. The van der Waals surface area contributed by atoms with E-state index >= 15 is 0 Å². The van der Waals surface area contributed by atoms with E-state index in [1.54, 1.807) is 22.7 Å². The number of amides is 2. The van der Waals surface area contributed by atoms with Crippen molar-refractivity contribution in [2.75, 3.05) is 16.3 Å². The molecular weight excluding hydrogens is 371 g/mol. The van der Waals surface area contributed by atoms with Gasteiger partial charge in [0.25, 0.3) is 0 Å². The third kappa shape index (κ3) is 3.91. The quantitative estimate of drug-likeness (QED) is 0.787. The van der Waals surface area contributed by atoms with Gasteiger partial charge in [-0.2, -0.15) is 5.10 Å². The summed E-state index contributed by atoms with van der Waals surface area (Å²) in [4.78, 5) is 28.8. The van der Waals surface area contributed by atoms with Gasteiger partial charge >= 0.3 is 0 Å². The molecule has 1 saturated carbocycles. The summed E-state index contributed by atoms with van der Waals surface area (Å²) in [6.07, 6.45) is 5.38. The summed E-state index contributed by atoms with van der Waals surface area (Å²) in [5, 5.41) is 4.27. The molecule has 2 amide bonds. The molecule has 0 radical (unpaired) electrons. The Bertz CT molecular complexity index is 958. The van der Waals surface area contributed by atoms with Gasteiger partial charge in [0, 0.05) is 31.1 Å². The van der Waals surface area contributed by atoms with Crippen LogP contribution in [0.25, 0.3) is 11.1 Å². The highest BCUT2D eigenvalue weighted by molar-refractivity contribution is 6.06. The molecule has 2 aromatic rings. The zero-order chi connectivity index (χ0) is 20.9. The molecule has 1 aliphatic heterocycles. The average Bonchev–Trinajstić information content (AvgIpc) is 3.38. The summed E-state index contributed by atoms with van der Waals surface area (Å²) in [5.74, 6) is 0.188. The lowest BCUT2D eigenvalue weighted by Crippen LogP contribution is -2.51. The number of aromatic nitrogens is 2. The van der Waals surface area contributed by atoms with Gasteiger partial charge in [0.15, 0.2) is 0 Å². The fourth-order valence-electron chi connectivity index (χ4n) is 4.03. The molecule has 2 aliphatic rings. The van der Waals surface area contributed by atoms with Gasteiger partial charge in [-0.1, -0.05) is 6.07 Å². The number of anilines is 2. The first-order valence-corrected chi connectivity index (χ1v) is 10.1. The second-order valence-corrected chi connectivity index (χ2v) is 8.81. The van der Waals surface area contributed by atoms with E-state index in [9.17, 15) is 14.0 Å². The Morgan fingerprint density at radius 1 is 1.21 bits per heavy atom. The molecule has 1 aliphatic carbocycles. The highest BCUT2D eigenvalue weighted by atomic mass is 19.1. The lowest BCUT2D eigenvalue weighted by Gasteiger charge is -2.41. The summed E-state index contributed by atoms with van der Waals surface area (Å²) in [6.45, 7) is 7.21. The third-order valence-corrected chi connectivity index (χ3v) is 5.45. The molecule has 0 bridgehead atoms. The van der Waals surface area contributed by atoms with Gasteiger partial charge in [-0.3, -0.25) is 14.3 Å². The van der Waals surface area contributed by atoms with E-state index in [2.05, 4.69) is 5.10 Å². The molecular formula is C22H27FN4O2. The molecule has 1 aromatic carbocycles. The second kappa shape index (κ2) is 6.97. The molecule has 0 N–H and O–H groups in total. The SMILES string of the molecule is CC(=O)N1c2ccc(-c3cnn(CC(C)(C)F)c3)cc2N(C(=O)C2CC2)C[C@@H]1C. The van der Waals surface area contributed by atoms with Gasteiger partial charge in [-0.25, -0.2) is 4.39 Å². The van der Waals surface area contributed by atoms with E-state index in [1.165, 1.54) is 13.8 Å². The van der Waals surface area contributed by atoms with Crippen molar-refractivity contribution in [3.05, 3.63) is 30.6 Å². The van der Waals surface area contributed by atoms with Crippen LogP contribution in [0.3, 0.4) is 0 Å². The molecule has 0 unspecified atom stereocenters. The second-order valence-electron chi connectivity index (χ2n) is 8.81. The van der Waals surface area contributed by atoms with Crippen molar-refractivity contribution in [1.82, 2.24) is 9.78 Å². The summed E-state index contributed by atoms with van der Waals surface area (Å²) in [5.41, 5.74) is 1.89. The molecule has 0 saturated heterocycles. The van der Waals surface area contributed by atoms with Crippen LogP contribution in [0, 0.1) is 5.92 Å². The van der Waals surface area contributed by atoms with Crippen molar-refractivity contribution in [3.63, 3.8) is 0 Å². The Balaban J connectivity index is 1.73. The molecule has 6 nitrogen and oxygen atoms in total. The first-order valence-electron chi connectivity index (χ1n) is 10.1. The van der Waals surface area contributed by atoms with Crippen molar-refractivity contribution in [1.29, 1.82) is 0 Å². The van der Waals surface area contributed by atoms with Crippen LogP contribution in [-0.4, -0.2) is 39.9 Å².